The van der Waals surface area contributed by atoms with Gasteiger partial charge in [0, 0.05) is 129 Å². The Balaban J connectivity index is 0.000000189. The number of nitrogens with one attached hydrogen (secondary N) is 12. The van der Waals surface area contributed by atoms with Crippen molar-refractivity contribution in [2.24, 2.45) is 53.0 Å². The average molecular weight is 1750 g/mol. The van der Waals surface area contributed by atoms with Crippen LogP contribution in [0.4, 0.5) is 68.3 Å². The van der Waals surface area contributed by atoms with Gasteiger partial charge in [-0.1, -0.05) is 0 Å². The minimum Gasteiger partial charge on any atom is -0.384 e. The summed E-state index contributed by atoms with van der Waals surface area (Å²) in [5.74, 6) is 3.21. The van der Waals surface area contributed by atoms with Crippen molar-refractivity contribution in [1.29, 1.82) is 5.41 Å². The number of amides is 4. The van der Waals surface area contributed by atoms with Crippen LogP contribution in [0, 0.1) is 33.1 Å². The first-order chi connectivity index (χ1) is 59.3. The largest absolute Gasteiger partial charge is 0.384 e. The number of fused-ring (bicyclic) bond motifs is 6. The minimum absolute atomic E-state index is 0.101. The van der Waals surface area contributed by atoms with Gasteiger partial charge in [0.05, 0.1) is 43.4 Å². The Morgan fingerprint density at radius 3 is 1.41 bits per heavy atom. The quantitative estimate of drug-likeness (QED) is 0.0671. The zero-order chi connectivity index (χ0) is 93.4. The highest BCUT2D eigenvalue weighted by molar-refractivity contribution is 5.98. The number of guanidine groups is 2. The lowest BCUT2D eigenvalue weighted by Gasteiger charge is -2.34. The normalized spacial score (nSPS) is 13.3. The van der Waals surface area contributed by atoms with Crippen LogP contribution in [-0.2, 0) is 42.3 Å². The first-order valence-corrected chi connectivity index (χ1v) is 35.5. The molecule has 18 heterocycles. The maximum atomic E-state index is 11.2. The van der Waals surface area contributed by atoms with E-state index in [2.05, 4.69) is 131 Å². The molecule has 0 aromatic carbocycles. The van der Waals surface area contributed by atoms with Crippen LogP contribution in [0.2, 0.25) is 0 Å². The van der Waals surface area contributed by atoms with Crippen LogP contribution in [0.1, 0.15) is 22.5 Å². The van der Waals surface area contributed by atoms with Gasteiger partial charge in [-0.2, -0.15) is 29.9 Å². The van der Waals surface area contributed by atoms with E-state index in [9.17, 15) is 57.5 Å². The van der Waals surface area contributed by atoms with Gasteiger partial charge in [0.15, 0.2) is 34.4 Å². The highest BCUT2D eigenvalue weighted by Gasteiger charge is 2.34. The monoisotopic (exact) mass is 1740 g/mol. The molecular formula is C66H88N48O12. The fourth-order valence-corrected chi connectivity index (χ4v) is 9.46. The molecule has 14 aromatic heterocycles. The highest BCUT2D eigenvalue weighted by atomic mass is 16.2. The SMILES string of the molecule is CN1C=CN2C(=N)NC(=O)NC12.CN1C=CN2C(=O)NC(N)=NC12.Cc1cnc(N)nc1N.Cc1cnc(N)nc1N.Cc1ncc(=O)[nH]c1N.Cc1ncc(N)[nH]c1=O.Cn1ccc(=O)[nH]c1=O.Cn1ccc(=O)nc1N.Cn1cnc2c(=O)[nH]c(=O)[nH]c21.Cn1cnc2c(=O)[nH]c(=O)[nH]c21.Cn1cnc2c(N)[nH]c(=O)nc21.Cn1cnc2c(N)nc(N)nc21. The van der Waals surface area contributed by atoms with Gasteiger partial charge in [-0.25, -0.2) is 63.7 Å². The molecule has 1 saturated heterocycles. The molecule has 14 aromatic rings. The second-order valence-electron chi connectivity index (χ2n) is 25.8. The van der Waals surface area contributed by atoms with Gasteiger partial charge >= 0.3 is 34.8 Å². The van der Waals surface area contributed by atoms with E-state index < -0.39 is 28.2 Å². The van der Waals surface area contributed by atoms with E-state index in [0.717, 1.165) is 11.1 Å². The predicted octanol–water partition coefficient (Wildman–Crippen LogP) is -7.42. The molecule has 0 saturated carbocycles. The lowest BCUT2D eigenvalue weighted by Crippen LogP contribution is -2.64. The molecule has 60 nitrogen and oxygen atoms in total. The second kappa shape index (κ2) is 42.1. The van der Waals surface area contributed by atoms with Crippen molar-refractivity contribution >= 4 is 127 Å². The third kappa shape index (κ3) is 26.1. The predicted molar refractivity (Wildman–Crippen MR) is 463 cm³/mol. The Kier molecular flexibility index (Phi) is 31.5. The van der Waals surface area contributed by atoms with Crippen LogP contribution < -0.4 is 135 Å². The molecule has 4 aliphatic heterocycles. The zero-order valence-electron chi connectivity index (χ0n) is 68.8. The van der Waals surface area contributed by atoms with Crippen molar-refractivity contribution in [2.45, 2.75) is 40.3 Å². The summed E-state index contributed by atoms with van der Waals surface area (Å²) >= 11 is 0. The summed E-state index contributed by atoms with van der Waals surface area (Å²) < 4.78 is 9.39. The van der Waals surface area contributed by atoms with Crippen LogP contribution >= 0.6 is 0 Å². The number of nitrogen functional groups attached to an aromatic ring is 10. The first kappa shape index (κ1) is 94.4. The van der Waals surface area contributed by atoms with E-state index in [1.165, 1.54) is 52.8 Å². The molecule has 0 radical (unpaired) electrons. The van der Waals surface area contributed by atoms with Crippen molar-refractivity contribution < 1.29 is 9.59 Å². The van der Waals surface area contributed by atoms with Crippen molar-refractivity contribution in [3.63, 3.8) is 0 Å². The molecule has 4 amide bonds. The number of hydrogen-bond donors (Lipinski definition) is 23. The highest BCUT2D eigenvalue weighted by Crippen LogP contribution is 2.19. The van der Waals surface area contributed by atoms with Gasteiger partial charge < -0.3 is 110 Å². The molecule has 0 bridgehead atoms. The van der Waals surface area contributed by atoms with Crippen molar-refractivity contribution in [3.05, 3.63) is 226 Å². The molecular weight excluding hydrogens is 1660 g/mol. The van der Waals surface area contributed by atoms with Crippen LogP contribution in [0.5, 0.6) is 0 Å². The maximum Gasteiger partial charge on any atom is 0.348 e. The number of aryl methyl sites for hydroxylation is 10. The number of anilines is 10. The lowest BCUT2D eigenvalue weighted by atomic mass is 10.4. The number of carbonyl (C=O) groups is 2. The smallest absolute Gasteiger partial charge is 0.348 e. The van der Waals surface area contributed by atoms with Crippen molar-refractivity contribution in [3.8, 4) is 0 Å². The molecule has 34 N–H and O–H groups in total. The number of urea groups is 2. The molecule has 0 aliphatic carbocycles. The number of aromatic amines is 8. The third-order valence-electron chi connectivity index (χ3n) is 16.2. The van der Waals surface area contributed by atoms with Crippen LogP contribution in [0.15, 0.2) is 152 Å². The Labute approximate surface area is 703 Å². The fraction of sp³-hybridized carbons (Fsp3) is 0.212. The number of hydrogen-bond acceptors (Lipinski definition) is 41. The van der Waals surface area contributed by atoms with Crippen LogP contribution in [0.3, 0.4) is 0 Å². The van der Waals surface area contributed by atoms with E-state index in [4.69, 9.17) is 68.5 Å². The van der Waals surface area contributed by atoms with Gasteiger partial charge in [0.2, 0.25) is 42.0 Å². The van der Waals surface area contributed by atoms with E-state index in [-0.39, 0.29) is 105 Å². The molecule has 2 atom stereocenters. The molecule has 4 aliphatic rings. The molecule has 664 valence electrons. The summed E-state index contributed by atoms with van der Waals surface area (Å²) in [6.07, 6.45) is 21.3. The summed E-state index contributed by atoms with van der Waals surface area (Å²) in [4.78, 5) is 211. The van der Waals surface area contributed by atoms with Gasteiger partial charge in [-0.3, -0.25) is 99.8 Å². The Morgan fingerprint density at radius 1 is 0.405 bits per heavy atom. The summed E-state index contributed by atoms with van der Waals surface area (Å²) in [7, 11) is 13.9. The lowest BCUT2D eigenvalue weighted by molar-refractivity contribution is 0.169. The number of H-pyrrole nitrogens is 8. The van der Waals surface area contributed by atoms with E-state index in [1.54, 1.807) is 138 Å². The summed E-state index contributed by atoms with van der Waals surface area (Å²) in [6, 6.07) is 2.07. The Bertz CT molecular complexity index is 6800. The number of aliphatic imine (C=N–C) groups is 1. The number of carbonyl (C=O) groups excluding carboxylic acids is 2. The Hall–Kier alpha value is -18.8. The summed E-state index contributed by atoms with van der Waals surface area (Å²) in [5.41, 5.74) is 61.3. The van der Waals surface area contributed by atoms with Gasteiger partial charge in [-0.05, 0) is 27.7 Å². The van der Waals surface area contributed by atoms with Gasteiger partial charge in [0.25, 0.3) is 33.4 Å². The zero-order valence-corrected chi connectivity index (χ0v) is 68.8. The summed E-state index contributed by atoms with van der Waals surface area (Å²) in [6.45, 7) is 7.01. The van der Waals surface area contributed by atoms with E-state index in [0.29, 0.717) is 74.1 Å². The molecule has 18 rings (SSSR count). The second-order valence-corrected chi connectivity index (χ2v) is 25.8. The first-order valence-electron chi connectivity index (χ1n) is 35.5. The minimum atomic E-state index is -0.517. The van der Waals surface area contributed by atoms with Crippen LogP contribution in [0.25, 0.3) is 44.7 Å². The number of aromatic nitrogens is 28. The number of nitrogens with zero attached hydrogens (tertiary/aromatic N) is 25. The van der Waals surface area contributed by atoms with Crippen LogP contribution in [-0.4, -0.2) is 207 Å². The van der Waals surface area contributed by atoms with Gasteiger partial charge in [-0.15, -0.1) is 0 Å². The molecule has 126 heavy (non-hydrogen) atoms. The molecule has 60 heteroatoms. The third-order valence-corrected chi connectivity index (χ3v) is 16.2. The number of rotatable bonds is 0. The maximum absolute atomic E-state index is 11.2. The van der Waals surface area contributed by atoms with Gasteiger partial charge in [0.1, 0.15) is 57.1 Å². The number of nitrogens with two attached hydrogens (primary N) is 11. The van der Waals surface area contributed by atoms with E-state index >= 15 is 0 Å². The molecule has 1 fully saturated rings. The fourth-order valence-electron chi connectivity index (χ4n) is 9.46. The topological polar surface area (TPSA) is 913 Å². The summed E-state index contributed by atoms with van der Waals surface area (Å²) in [5, 5.41) is 14.8. The average Bonchev–Trinajstić information content (AvgIpc) is 1.37. The van der Waals surface area contributed by atoms with Crippen molar-refractivity contribution in [1.82, 2.24) is 173 Å². The molecule has 0 spiro atoms. The molecule has 2 unspecified atom stereocenters. The standard InChI is InChI=1S/C6H8N6.C6H7N5O.2C6H9N5O.2C6H6N4O2.2C5H8N4.3C5H7N3O.C5H6N2O2/c1-12-2-9-3-4(7)10-6(8)11-5(3)12;1-11-2-8-3-4(7)9-6(12)10-5(3)11;1-10-2-3-11-4(7)8-5(12)9-6(10)11;1-10-2-3-11-5(10)8-4(7)9-6(11)12;2*1-10-2-7-3-4(10)8-6(12)9-5(3)11;2*1-3-2-8-5(7)9-4(3)6;1-8-3-2-4(9)7-5(8)6;1-3-5(6)8-4(9)2-7-3;1-3-5(9)8-4(6)2-7-3;1-7-3-2-4(8)6-5(7)9/h2H,1H3,(H4,7,8,10,11);2H,1H3,(H3,7,9,10,12);2-3,6H,1H3,(H3,7,8,9,12);2-3,5H,1H3,(H3,7,8,9,12);2*2H,1H3,(H2,8,9,11,12);2*2H,1H3,(H4,6,7,8,9);2-3H,1H3,(H2,6,7,9);2*2H,1H3,(H3,6,8,9);2-3H,1H3,(H,6,8,9). The number of imidazole rings is 4. The Morgan fingerprint density at radius 2 is 0.913 bits per heavy atom. The van der Waals surface area contributed by atoms with Crippen molar-refractivity contribution in [2.75, 3.05) is 71.4 Å². The van der Waals surface area contributed by atoms with E-state index in [1.807, 2.05) is 39.9 Å².